The highest BCUT2D eigenvalue weighted by molar-refractivity contribution is 6.00. The van der Waals surface area contributed by atoms with E-state index in [2.05, 4.69) is 12.2 Å². The summed E-state index contributed by atoms with van der Waals surface area (Å²) in [5.74, 6) is -2.81. The first-order valence-electron chi connectivity index (χ1n) is 13.2. The summed E-state index contributed by atoms with van der Waals surface area (Å²) in [5.41, 5.74) is 0.712. The second kappa shape index (κ2) is 15.6. The number of hydrogen-bond donors (Lipinski definition) is 2. The lowest BCUT2D eigenvalue weighted by atomic mass is 9.80. The summed E-state index contributed by atoms with van der Waals surface area (Å²) in [6, 6.07) is 5.50. The zero-order valence-electron chi connectivity index (χ0n) is 22.6. The number of nitrogens with zero attached hydrogens (tertiary/aromatic N) is 2. The zero-order valence-corrected chi connectivity index (χ0v) is 22.6. The SMILES string of the molecule is CCCCCCCCCCOC(=O)C1=C(C)NC(C)=C(C(=O)OCC(O)[N+](=O)[O-])C1c1cccc([N+](=O)[O-])c1. The molecule has 1 aliphatic heterocycles. The first kappa shape index (κ1) is 31.4. The van der Waals surface area contributed by atoms with E-state index in [1.54, 1.807) is 13.8 Å². The number of aliphatic hydroxyl groups excluding tert-OH is 1. The quantitative estimate of drug-likeness (QED) is 0.0975. The number of esters is 2. The lowest BCUT2D eigenvalue weighted by Gasteiger charge is -2.30. The molecule has 1 aromatic rings. The van der Waals surface area contributed by atoms with Crippen molar-refractivity contribution in [1.29, 1.82) is 0 Å². The molecular weight excluding hydrogens is 510 g/mol. The van der Waals surface area contributed by atoms with Gasteiger partial charge in [-0.2, -0.15) is 0 Å². The predicted molar refractivity (Wildman–Crippen MR) is 142 cm³/mol. The number of dihydropyridines is 1. The van der Waals surface area contributed by atoms with Crippen LogP contribution in [0.5, 0.6) is 0 Å². The molecule has 214 valence electrons. The Morgan fingerprint density at radius 2 is 1.51 bits per heavy atom. The van der Waals surface area contributed by atoms with Gasteiger partial charge in [-0.3, -0.25) is 20.2 Å². The number of nitro groups is 2. The van der Waals surface area contributed by atoms with E-state index >= 15 is 0 Å². The predicted octanol–water partition coefficient (Wildman–Crippen LogP) is 4.65. The number of hydrogen-bond acceptors (Lipinski definition) is 10. The van der Waals surface area contributed by atoms with E-state index in [0.29, 0.717) is 17.8 Å². The van der Waals surface area contributed by atoms with Gasteiger partial charge in [0.15, 0.2) is 6.61 Å². The summed E-state index contributed by atoms with van der Waals surface area (Å²) >= 11 is 0. The number of nitrogens with one attached hydrogen (secondary N) is 1. The maximum Gasteiger partial charge on any atom is 0.347 e. The molecule has 12 heteroatoms. The molecule has 2 unspecified atom stereocenters. The monoisotopic (exact) mass is 547 g/mol. The summed E-state index contributed by atoms with van der Waals surface area (Å²) in [4.78, 5) is 47.0. The molecule has 39 heavy (non-hydrogen) atoms. The Hall–Kier alpha value is -3.80. The van der Waals surface area contributed by atoms with Gasteiger partial charge in [0.1, 0.15) is 0 Å². The summed E-state index contributed by atoms with van der Waals surface area (Å²) in [7, 11) is 0. The van der Waals surface area contributed by atoms with Crippen LogP contribution in [0.15, 0.2) is 46.8 Å². The number of aliphatic hydroxyl groups is 1. The van der Waals surface area contributed by atoms with Gasteiger partial charge in [0.05, 0.1) is 33.5 Å². The molecule has 2 N–H and O–H groups in total. The van der Waals surface area contributed by atoms with Crippen molar-refractivity contribution in [2.24, 2.45) is 0 Å². The Morgan fingerprint density at radius 1 is 0.949 bits per heavy atom. The van der Waals surface area contributed by atoms with Gasteiger partial charge in [-0.1, -0.05) is 64.0 Å². The molecule has 0 amide bonds. The number of benzene rings is 1. The second-order valence-corrected chi connectivity index (χ2v) is 9.46. The minimum Gasteiger partial charge on any atom is -0.462 e. The Morgan fingerprint density at radius 3 is 2.08 bits per heavy atom. The van der Waals surface area contributed by atoms with Gasteiger partial charge in [-0.05, 0) is 25.8 Å². The number of allylic oxidation sites excluding steroid dienone is 2. The number of non-ortho nitro benzene ring substituents is 1. The topological polar surface area (TPSA) is 171 Å². The highest BCUT2D eigenvalue weighted by atomic mass is 16.7. The van der Waals surface area contributed by atoms with Crippen LogP contribution in [0.1, 0.15) is 83.6 Å². The van der Waals surface area contributed by atoms with E-state index in [1.807, 2.05) is 0 Å². The standard InChI is InChI=1S/C27H37N3O9/c1-4-5-6-7-8-9-10-11-15-38-26(32)23-18(2)28-19(3)24(27(33)39-17-22(31)30(36)37)25(23)20-13-12-14-21(16-20)29(34)35/h12-14,16,22,25,28,31H,4-11,15,17H2,1-3H3. The molecule has 0 fully saturated rings. The van der Waals surface area contributed by atoms with Crippen molar-refractivity contribution >= 4 is 17.6 Å². The van der Waals surface area contributed by atoms with Crippen molar-refractivity contribution in [2.45, 2.75) is 84.3 Å². The molecule has 0 saturated carbocycles. The van der Waals surface area contributed by atoms with Crippen molar-refractivity contribution in [3.8, 4) is 0 Å². The number of unbranched alkanes of at least 4 members (excludes halogenated alkanes) is 7. The minimum absolute atomic E-state index is 0.0717. The van der Waals surface area contributed by atoms with Gasteiger partial charge < -0.3 is 19.9 Å². The van der Waals surface area contributed by atoms with E-state index in [4.69, 9.17) is 9.47 Å². The van der Waals surface area contributed by atoms with Gasteiger partial charge in [0.2, 0.25) is 0 Å². The summed E-state index contributed by atoms with van der Waals surface area (Å²) in [6.45, 7) is 4.60. The van der Waals surface area contributed by atoms with Gasteiger partial charge in [-0.15, -0.1) is 0 Å². The molecule has 0 aliphatic carbocycles. The van der Waals surface area contributed by atoms with Gasteiger partial charge in [0.25, 0.3) is 5.69 Å². The van der Waals surface area contributed by atoms with Crippen LogP contribution in [0, 0.1) is 20.2 Å². The number of carbonyl (C=O) groups is 2. The fourth-order valence-electron chi connectivity index (χ4n) is 4.45. The van der Waals surface area contributed by atoms with Crippen molar-refractivity contribution in [3.05, 3.63) is 72.6 Å². The number of nitro benzene ring substituents is 1. The normalized spacial score (nSPS) is 15.9. The molecular formula is C27H37N3O9. The molecule has 0 aromatic heterocycles. The van der Waals surface area contributed by atoms with Crippen LogP contribution in [-0.2, 0) is 19.1 Å². The number of carbonyl (C=O) groups excluding carboxylic acids is 2. The number of rotatable bonds is 16. The Bertz CT molecular complexity index is 1110. The fourth-order valence-corrected chi connectivity index (χ4v) is 4.45. The number of ether oxygens (including phenoxy) is 2. The Kier molecular flexibility index (Phi) is 12.5. The van der Waals surface area contributed by atoms with Crippen molar-refractivity contribution in [1.82, 2.24) is 5.32 Å². The molecule has 1 aromatic carbocycles. The average Bonchev–Trinajstić information content (AvgIpc) is 2.89. The van der Waals surface area contributed by atoms with Crippen LogP contribution in [-0.4, -0.2) is 46.3 Å². The lowest BCUT2D eigenvalue weighted by molar-refractivity contribution is -0.572. The summed E-state index contributed by atoms with van der Waals surface area (Å²) in [6.07, 6.45) is 6.41. The van der Waals surface area contributed by atoms with E-state index in [1.165, 1.54) is 49.9 Å². The highest BCUT2D eigenvalue weighted by Crippen LogP contribution is 2.40. The molecule has 0 radical (unpaired) electrons. The summed E-state index contributed by atoms with van der Waals surface area (Å²) in [5, 5.41) is 34.6. The minimum atomic E-state index is -2.13. The van der Waals surface area contributed by atoms with Gasteiger partial charge >= 0.3 is 18.2 Å². The smallest absolute Gasteiger partial charge is 0.347 e. The van der Waals surface area contributed by atoms with Crippen LogP contribution >= 0.6 is 0 Å². The maximum atomic E-state index is 13.3. The van der Waals surface area contributed by atoms with E-state index in [-0.39, 0.29) is 29.0 Å². The summed E-state index contributed by atoms with van der Waals surface area (Å²) < 4.78 is 10.5. The average molecular weight is 548 g/mol. The Labute approximate surface area is 227 Å². The molecule has 0 spiro atoms. The largest absolute Gasteiger partial charge is 0.462 e. The van der Waals surface area contributed by atoms with Crippen molar-refractivity contribution < 1.29 is 34.0 Å². The molecule has 2 atom stereocenters. The second-order valence-electron chi connectivity index (χ2n) is 9.46. The maximum absolute atomic E-state index is 13.3. The van der Waals surface area contributed by atoms with Crippen molar-refractivity contribution in [2.75, 3.05) is 13.2 Å². The van der Waals surface area contributed by atoms with E-state index in [0.717, 1.165) is 19.3 Å². The van der Waals surface area contributed by atoms with E-state index in [9.17, 15) is 34.9 Å². The molecule has 1 heterocycles. The fraction of sp³-hybridized carbons (Fsp3) is 0.556. The molecule has 12 nitrogen and oxygen atoms in total. The van der Waals surface area contributed by atoms with Crippen LogP contribution in [0.2, 0.25) is 0 Å². The first-order valence-corrected chi connectivity index (χ1v) is 13.2. The molecule has 1 aliphatic rings. The van der Waals surface area contributed by atoms with Gasteiger partial charge in [-0.25, -0.2) is 9.59 Å². The first-order chi connectivity index (χ1) is 18.6. The van der Waals surface area contributed by atoms with Crippen LogP contribution < -0.4 is 5.32 Å². The van der Waals surface area contributed by atoms with Crippen LogP contribution in [0.25, 0.3) is 0 Å². The molecule has 0 saturated heterocycles. The van der Waals surface area contributed by atoms with Crippen LogP contribution in [0.3, 0.4) is 0 Å². The zero-order chi connectivity index (χ0) is 28.9. The van der Waals surface area contributed by atoms with Crippen molar-refractivity contribution in [3.63, 3.8) is 0 Å². The Balaban J connectivity index is 2.25. The van der Waals surface area contributed by atoms with E-state index < -0.39 is 40.5 Å². The lowest BCUT2D eigenvalue weighted by Crippen LogP contribution is -2.34. The van der Waals surface area contributed by atoms with Gasteiger partial charge in [0, 0.05) is 23.5 Å². The third-order valence-corrected chi connectivity index (χ3v) is 6.45. The van der Waals surface area contributed by atoms with Crippen LogP contribution in [0.4, 0.5) is 5.69 Å². The molecule has 0 bridgehead atoms. The third kappa shape index (κ3) is 9.17. The third-order valence-electron chi connectivity index (χ3n) is 6.45. The highest BCUT2D eigenvalue weighted by Gasteiger charge is 2.39. The molecule has 2 rings (SSSR count).